The monoisotopic (exact) mass is 312 g/mol. The van der Waals surface area contributed by atoms with E-state index in [2.05, 4.69) is 10.5 Å². The second-order valence-corrected chi connectivity index (χ2v) is 5.08. The van der Waals surface area contributed by atoms with E-state index in [-0.39, 0.29) is 5.91 Å². The predicted octanol–water partition coefficient (Wildman–Crippen LogP) is 3.17. The zero-order valence-corrected chi connectivity index (χ0v) is 13.7. The lowest BCUT2D eigenvalue weighted by atomic mass is 10.1. The molecular formula is C18H20N2O3. The number of hydrogen-bond acceptors (Lipinski definition) is 4. The zero-order valence-electron chi connectivity index (χ0n) is 13.7. The van der Waals surface area contributed by atoms with Crippen LogP contribution < -0.4 is 14.9 Å². The van der Waals surface area contributed by atoms with Crippen molar-refractivity contribution < 1.29 is 14.3 Å². The molecule has 2 aromatic carbocycles. The number of nitrogens with one attached hydrogen (secondary N) is 1. The molecule has 0 bridgehead atoms. The van der Waals surface area contributed by atoms with Gasteiger partial charge in [-0.15, -0.1) is 0 Å². The van der Waals surface area contributed by atoms with Crippen molar-refractivity contribution in [3.8, 4) is 11.5 Å². The van der Waals surface area contributed by atoms with Crippen molar-refractivity contribution in [2.75, 3.05) is 14.2 Å². The van der Waals surface area contributed by atoms with Gasteiger partial charge in [0.15, 0.2) is 11.5 Å². The maximum atomic E-state index is 12.2. The summed E-state index contributed by atoms with van der Waals surface area (Å²) >= 11 is 0. The number of carbonyl (C=O) groups excluding carboxylic acids is 1. The lowest BCUT2D eigenvalue weighted by Crippen LogP contribution is -2.19. The third kappa shape index (κ3) is 4.10. The fraction of sp³-hybridized carbons (Fsp3) is 0.222. The van der Waals surface area contributed by atoms with Gasteiger partial charge in [0.2, 0.25) is 0 Å². The van der Waals surface area contributed by atoms with Gasteiger partial charge in [0.1, 0.15) is 0 Å². The van der Waals surface area contributed by atoms with Gasteiger partial charge in [0, 0.05) is 5.56 Å². The molecule has 1 N–H and O–H groups in total. The molecule has 0 fully saturated rings. The van der Waals surface area contributed by atoms with Crippen LogP contribution in [0.5, 0.6) is 11.5 Å². The van der Waals surface area contributed by atoms with Crippen LogP contribution in [0.3, 0.4) is 0 Å². The third-order valence-corrected chi connectivity index (χ3v) is 3.41. The highest BCUT2D eigenvalue weighted by atomic mass is 16.5. The molecule has 5 heteroatoms. The van der Waals surface area contributed by atoms with Crippen LogP contribution in [0.25, 0.3) is 0 Å². The highest BCUT2D eigenvalue weighted by Gasteiger charge is 2.10. The Balaban J connectivity index is 2.14. The summed E-state index contributed by atoms with van der Waals surface area (Å²) in [4.78, 5) is 12.2. The smallest absolute Gasteiger partial charge is 0.271 e. The third-order valence-electron chi connectivity index (χ3n) is 3.41. The molecule has 2 rings (SSSR count). The first-order valence-corrected chi connectivity index (χ1v) is 7.19. The molecule has 120 valence electrons. The average molecular weight is 312 g/mol. The number of rotatable bonds is 5. The van der Waals surface area contributed by atoms with Gasteiger partial charge in [0.05, 0.1) is 19.9 Å². The van der Waals surface area contributed by atoms with Crippen LogP contribution in [0.4, 0.5) is 0 Å². The van der Waals surface area contributed by atoms with E-state index in [0.29, 0.717) is 17.1 Å². The predicted molar refractivity (Wildman–Crippen MR) is 90.4 cm³/mol. The average Bonchev–Trinajstić information content (AvgIpc) is 2.58. The maximum Gasteiger partial charge on any atom is 0.271 e. The zero-order chi connectivity index (χ0) is 16.8. The Morgan fingerprint density at radius 3 is 2.39 bits per heavy atom. The van der Waals surface area contributed by atoms with Crippen molar-refractivity contribution in [3.05, 3.63) is 59.2 Å². The topological polar surface area (TPSA) is 59.9 Å². The highest BCUT2D eigenvalue weighted by Crippen LogP contribution is 2.27. The van der Waals surface area contributed by atoms with Crippen LogP contribution >= 0.6 is 0 Å². The summed E-state index contributed by atoms with van der Waals surface area (Å²) in [5, 5.41) is 4.15. The second kappa shape index (κ2) is 7.45. The number of hydrazone groups is 1. The van der Waals surface area contributed by atoms with Gasteiger partial charge in [-0.2, -0.15) is 5.10 Å². The molecule has 23 heavy (non-hydrogen) atoms. The summed E-state index contributed by atoms with van der Waals surface area (Å²) in [7, 11) is 3.08. The van der Waals surface area contributed by atoms with Gasteiger partial charge in [-0.05, 0) is 37.6 Å². The summed E-state index contributed by atoms with van der Waals surface area (Å²) in [5.41, 5.74) is 5.86. The molecule has 0 aromatic heterocycles. The van der Waals surface area contributed by atoms with E-state index in [1.54, 1.807) is 25.3 Å². The Morgan fingerprint density at radius 1 is 1.00 bits per heavy atom. The SMILES string of the molecule is COc1ccc(C(=O)N/N=C(\C)c2cccc(C)c2)cc1OC. The minimum absolute atomic E-state index is 0.307. The maximum absolute atomic E-state index is 12.2. The first kappa shape index (κ1) is 16.5. The molecule has 0 aliphatic carbocycles. The van der Waals surface area contributed by atoms with Gasteiger partial charge < -0.3 is 9.47 Å². The van der Waals surface area contributed by atoms with Gasteiger partial charge in [-0.25, -0.2) is 5.43 Å². The van der Waals surface area contributed by atoms with Crippen LogP contribution in [0.15, 0.2) is 47.6 Å². The number of aryl methyl sites for hydroxylation is 1. The van der Waals surface area contributed by atoms with Gasteiger partial charge >= 0.3 is 0 Å². The van der Waals surface area contributed by atoms with Crippen LogP contribution in [0, 0.1) is 6.92 Å². The number of carbonyl (C=O) groups is 1. The van der Waals surface area contributed by atoms with Crippen LogP contribution in [-0.4, -0.2) is 25.8 Å². The van der Waals surface area contributed by atoms with Crippen LogP contribution in [0.2, 0.25) is 0 Å². The minimum atomic E-state index is -0.307. The molecule has 2 aromatic rings. The molecule has 0 heterocycles. The Bertz CT molecular complexity index is 739. The van der Waals surface area contributed by atoms with Crippen molar-refractivity contribution in [2.24, 2.45) is 5.10 Å². The molecule has 0 unspecified atom stereocenters. The summed E-state index contributed by atoms with van der Waals surface area (Å²) < 4.78 is 10.3. The van der Waals surface area contributed by atoms with Crippen molar-refractivity contribution >= 4 is 11.6 Å². The van der Waals surface area contributed by atoms with Crippen molar-refractivity contribution in [3.63, 3.8) is 0 Å². The van der Waals surface area contributed by atoms with Crippen LogP contribution in [-0.2, 0) is 0 Å². The molecule has 0 aliphatic heterocycles. The van der Waals surface area contributed by atoms with E-state index in [1.807, 2.05) is 38.1 Å². The summed E-state index contributed by atoms with van der Waals surface area (Å²) in [6, 6.07) is 12.9. The molecule has 0 saturated carbocycles. The Morgan fingerprint density at radius 2 is 1.74 bits per heavy atom. The first-order chi connectivity index (χ1) is 11.0. The minimum Gasteiger partial charge on any atom is -0.493 e. The van der Waals surface area contributed by atoms with Crippen LogP contribution in [0.1, 0.15) is 28.4 Å². The number of benzene rings is 2. The van der Waals surface area contributed by atoms with E-state index < -0.39 is 0 Å². The standard InChI is InChI=1S/C18H20N2O3/c1-12-6-5-7-14(10-12)13(2)19-20-18(21)15-8-9-16(22-3)17(11-15)23-4/h5-11H,1-4H3,(H,20,21)/b19-13+. The number of methoxy groups -OCH3 is 2. The molecule has 0 saturated heterocycles. The van der Waals surface area contributed by atoms with E-state index in [9.17, 15) is 4.79 Å². The van der Waals surface area contributed by atoms with E-state index in [0.717, 1.165) is 16.8 Å². The molecular weight excluding hydrogens is 292 g/mol. The number of nitrogens with zero attached hydrogens (tertiary/aromatic N) is 1. The summed E-state index contributed by atoms with van der Waals surface area (Å²) in [6.45, 7) is 3.86. The molecule has 0 atom stereocenters. The lowest BCUT2D eigenvalue weighted by molar-refractivity contribution is 0.0954. The first-order valence-electron chi connectivity index (χ1n) is 7.19. The summed E-state index contributed by atoms with van der Waals surface area (Å²) in [6.07, 6.45) is 0. The van der Waals surface area contributed by atoms with Gasteiger partial charge in [-0.1, -0.05) is 29.8 Å². The van der Waals surface area contributed by atoms with Gasteiger partial charge in [0.25, 0.3) is 5.91 Å². The quantitative estimate of drug-likeness (QED) is 0.681. The van der Waals surface area contributed by atoms with Crippen molar-refractivity contribution in [2.45, 2.75) is 13.8 Å². The number of hydrogen-bond donors (Lipinski definition) is 1. The molecule has 5 nitrogen and oxygen atoms in total. The number of amides is 1. The van der Waals surface area contributed by atoms with E-state index in [4.69, 9.17) is 9.47 Å². The molecule has 0 spiro atoms. The molecule has 1 amide bonds. The molecule has 0 aliphatic rings. The second-order valence-electron chi connectivity index (χ2n) is 5.08. The highest BCUT2D eigenvalue weighted by molar-refractivity contribution is 6.01. The lowest BCUT2D eigenvalue weighted by Gasteiger charge is -2.09. The normalized spacial score (nSPS) is 11.0. The van der Waals surface area contributed by atoms with E-state index >= 15 is 0 Å². The van der Waals surface area contributed by atoms with Crippen molar-refractivity contribution in [1.82, 2.24) is 5.43 Å². The van der Waals surface area contributed by atoms with E-state index in [1.165, 1.54) is 7.11 Å². The largest absolute Gasteiger partial charge is 0.493 e. The van der Waals surface area contributed by atoms with Crippen molar-refractivity contribution in [1.29, 1.82) is 0 Å². The Kier molecular flexibility index (Phi) is 5.36. The summed E-state index contributed by atoms with van der Waals surface area (Å²) in [5.74, 6) is 0.765. The van der Waals surface area contributed by atoms with Gasteiger partial charge in [-0.3, -0.25) is 4.79 Å². The number of ether oxygens (including phenoxy) is 2. The fourth-order valence-electron chi connectivity index (χ4n) is 2.11. The fourth-order valence-corrected chi connectivity index (χ4v) is 2.11. The Labute approximate surface area is 135 Å². The Hall–Kier alpha value is -2.82. The molecule has 0 radical (unpaired) electrons.